The van der Waals surface area contributed by atoms with Gasteiger partial charge >= 0.3 is 12.0 Å². The lowest BCUT2D eigenvalue weighted by Crippen LogP contribution is -2.36. The van der Waals surface area contributed by atoms with E-state index in [9.17, 15) is 14.4 Å². The monoisotopic (exact) mass is 302 g/mol. The fourth-order valence-corrected chi connectivity index (χ4v) is 2.46. The number of fused-ring (bicyclic) bond motifs is 1. The number of aromatic nitrogens is 2. The van der Waals surface area contributed by atoms with Gasteiger partial charge in [0.15, 0.2) is 0 Å². The van der Waals surface area contributed by atoms with E-state index in [0.717, 1.165) is 16.9 Å². The molecule has 0 aliphatic carbocycles. The molecule has 2 aromatic rings. The van der Waals surface area contributed by atoms with Crippen LogP contribution in [0.2, 0.25) is 0 Å². The van der Waals surface area contributed by atoms with Gasteiger partial charge in [0.2, 0.25) is 0 Å². The van der Waals surface area contributed by atoms with E-state index in [1.54, 1.807) is 0 Å². The largest absolute Gasteiger partial charge is 0.480 e. The van der Waals surface area contributed by atoms with Crippen LogP contribution in [0.4, 0.5) is 4.79 Å². The number of hydrogen-bond acceptors (Lipinski definition) is 4. The zero-order valence-corrected chi connectivity index (χ0v) is 11.6. The summed E-state index contributed by atoms with van der Waals surface area (Å²) in [5.41, 5.74) is 1.75. The predicted molar refractivity (Wildman–Crippen MR) is 76.1 cm³/mol. The zero-order valence-electron chi connectivity index (χ0n) is 11.6. The third kappa shape index (κ3) is 2.62. The Kier molecular flexibility index (Phi) is 3.50. The van der Waals surface area contributed by atoms with Gasteiger partial charge in [0.05, 0.1) is 11.0 Å². The summed E-state index contributed by atoms with van der Waals surface area (Å²) in [5.74, 6) is -1.01. The van der Waals surface area contributed by atoms with Crippen LogP contribution in [-0.2, 0) is 16.0 Å². The Balaban J connectivity index is 1.65. The Labute approximate surface area is 125 Å². The first-order chi connectivity index (χ1) is 10.5. The summed E-state index contributed by atoms with van der Waals surface area (Å²) in [7, 11) is 0. The first-order valence-electron chi connectivity index (χ1n) is 6.82. The molecule has 2 heterocycles. The number of nitrogens with zero attached hydrogens (tertiary/aromatic N) is 2. The molecule has 114 valence electrons. The van der Waals surface area contributed by atoms with E-state index >= 15 is 0 Å². The van der Waals surface area contributed by atoms with Crippen molar-refractivity contribution in [3.05, 3.63) is 30.1 Å². The first kappa shape index (κ1) is 14.1. The number of carboxylic acid groups (broad SMARTS) is 1. The van der Waals surface area contributed by atoms with Crippen molar-refractivity contribution in [1.29, 1.82) is 0 Å². The molecule has 8 nitrogen and oxygen atoms in total. The number of imide groups is 1. The van der Waals surface area contributed by atoms with Gasteiger partial charge in [-0.1, -0.05) is 12.1 Å². The number of H-pyrrole nitrogens is 1. The smallest absolute Gasteiger partial charge is 0.325 e. The molecule has 1 atom stereocenters. The van der Waals surface area contributed by atoms with Gasteiger partial charge in [-0.15, -0.1) is 0 Å². The first-order valence-corrected chi connectivity index (χ1v) is 6.82. The van der Waals surface area contributed by atoms with Crippen LogP contribution in [0.3, 0.4) is 0 Å². The molecule has 1 saturated heterocycles. The molecule has 1 aliphatic heterocycles. The van der Waals surface area contributed by atoms with Crippen LogP contribution in [0.25, 0.3) is 11.0 Å². The number of aliphatic carboxylic acids is 1. The van der Waals surface area contributed by atoms with E-state index in [1.807, 2.05) is 24.3 Å². The summed E-state index contributed by atoms with van der Waals surface area (Å²) in [4.78, 5) is 42.5. The van der Waals surface area contributed by atoms with E-state index in [0.29, 0.717) is 17.7 Å². The molecule has 0 spiro atoms. The molecular formula is C14H14N4O4. The maximum Gasteiger partial charge on any atom is 0.325 e. The van der Waals surface area contributed by atoms with Gasteiger partial charge in [0.25, 0.3) is 5.91 Å². The molecule has 0 radical (unpaired) electrons. The van der Waals surface area contributed by atoms with Gasteiger partial charge in [0.1, 0.15) is 18.4 Å². The molecule has 8 heteroatoms. The van der Waals surface area contributed by atoms with E-state index in [2.05, 4.69) is 15.3 Å². The van der Waals surface area contributed by atoms with Gasteiger partial charge in [-0.05, 0) is 18.6 Å². The molecule has 0 saturated carbocycles. The topological polar surface area (TPSA) is 115 Å². The Bertz CT molecular complexity index is 721. The van der Waals surface area contributed by atoms with Crippen molar-refractivity contribution >= 4 is 28.9 Å². The number of hydrogen-bond donors (Lipinski definition) is 3. The number of nitrogens with one attached hydrogen (secondary N) is 2. The van der Waals surface area contributed by atoms with Crippen LogP contribution in [0, 0.1) is 0 Å². The van der Waals surface area contributed by atoms with Gasteiger partial charge in [-0.2, -0.15) is 0 Å². The highest BCUT2D eigenvalue weighted by atomic mass is 16.4. The minimum absolute atomic E-state index is 0.362. The molecule has 3 amide bonds. The minimum atomic E-state index is -1.22. The highest BCUT2D eigenvalue weighted by Crippen LogP contribution is 2.14. The average Bonchev–Trinajstić information content (AvgIpc) is 3.00. The number of rotatable bonds is 5. The second kappa shape index (κ2) is 5.47. The summed E-state index contributed by atoms with van der Waals surface area (Å²) >= 11 is 0. The minimum Gasteiger partial charge on any atom is -0.480 e. The average molecular weight is 302 g/mol. The molecule has 1 aromatic heterocycles. The quantitative estimate of drug-likeness (QED) is 0.696. The number of imidazole rings is 1. The number of para-hydroxylation sites is 2. The van der Waals surface area contributed by atoms with Crippen molar-refractivity contribution < 1.29 is 19.5 Å². The maximum atomic E-state index is 12.0. The normalized spacial score (nSPS) is 18.0. The Morgan fingerprint density at radius 1 is 1.32 bits per heavy atom. The van der Waals surface area contributed by atoms with Gasteiger partial charge in [-0.3, -0.25) is 14.5 Å². The molecule has 1 aliphatic rings. The van der Waals surface area contributed by atoms with E-state index in [4.69, 9.17) is 5.11 Å². The van der Waals surface area contributed by atoms with Gasteiger partial charge in [-0.25, -0.2) is 9.78 Å². The summed E-state index contributed by atoms with van der Waals surface area (Å²) in [5, 5.41) is 11.2. The second-order valence-electron chi connectivity index (χ2n) is 5.06. The fourth-order valence-electron chi connectivity index (χ4n) is 2.46. The van der Waals surface area contributed by atoms with Crippen molar-refractivity contribution in [2.45, 2.75) is 18.9 Å². The molecule has 1 aromatic carbocycles. The highest BCUT2D eigenvalue weighted by Gasteiger charge is 2.38. The molecular weight excluding hydrogens is 288 g/mol. The number of benzene rings is 1. The van der Waals surface area contributed by atoms with Crippen LogP contribution in [0.5, 0.6) is 0 Å². The summed E-state index contributed by atoms with van der Waals surface area (Å²) in [6, 6.07) is 6.20. The summed E-state index contributed by atoms with van der Waals surface area (Å²) < 4.78 is 0. The van der Waals surface area contributed by atoms with E-state index in [-0.39, 0.29) is 0 Å². The molecule has 1 unspecified atom stereocenters. The lowest BCUT2D eigenvalue weighted by Gasteiger charge is -2.09. The van der Waals surface area contributed by atoms with Gasteiger partial charge in [0, 0.05) is 6.42 Å². The number of carbonyl (C=O) groups excluding carboxylic acids is 2. The van der Waals surface area contributed by atoms with Crippen LogP contribution in [-0.4, -0.2) is 50.5 Å². The van der Waals surface area contributed by atoms with Crippen molar-refractivity contribution in [1.82, 2.24) is 20.2 Å². The van der Waals surface area contributed by atoms with Crippen LogP contribution >= 0.6 is 0 Å². The maximum absolute atomic E-state index is 12.0. The lowest BCUT2D eigenvalue weighted by atomic mass is 10.1. The number of urea groups is 1. The number of aryl methyl sites for hydroxylation is 1. The molecule has 0 bridgehead atoms. The van der Waals surface area contributed by atoms with Crippen molar-refractivity contribution in [2.75, 3.05) is 6.54 Å². The summed E-state index contributed by atoms with van der Waals surface area (Å²) in [6.45, 7) is -0.619. The molecule has 1 fully saturated rings. The predicted octanol–water partition coefficient (Wildman–Crippen LogP) is 0.500. The van der Waals surface area contributed by atoms with Crippen molar-refractivity contribution in [3.63, 3.8) is 0 Å². The van der Waals surface area contributed by atoms with E-state index in [1.165, 1.54) is 0 Å². The number of carboxylic acids is 1. The number of aromatic amines is 1. The van der Waals surface area contributed by atoms with Crippen molar-refractivity contribution in [2.24, 2.45) is 0 Å². The molecule has 3 rings (SSSR count). The highest BCUT2D eigenvalue weighted by molar-refractivity contribution is 6.05. The third-order valence-corrected chi connectivity index (χ3v) is 3.51. The lowest BCUT2D eigenvalue weighted by molar-refractivity contribution is -0.141. The standard InChI is InChI=1S/C14H14N4O4/c19-12(20)7-18-13(21)10(17-14(18)22)5-6-11-15-8-3-1-2-4-9(8)16-11/h1-4,10H,5-7H2,(H,15,16)(H,17,22)(H,19,20). The van der Waals surface area contributed by atoms with Gasteiger partial charge < -0.3 is 15.4 Å². The Hall–Kier alpha value is -2.90. The fraction of sp³-hybridized carbons (Fsp3) is 0.286. The van der Waals surface area contributed by atoms with Crippen molar-refractivity contribution in [3.8, 4) is 0 Å². The number of carbonyl (C=O) groups is 3. The molecule has 22 heavy (non-hydrogen) atoms. The third-order valence-electron chi connectivity index (χ3n) is 3.51. The Morgan fingerprint density at radius 2 is 2.09 bits per heavy atom. The van der Waals surface area contributed by atoms with E-state index < -0.39 is 30.5 Å². The van der Waals surface area contributed by atoms with Crippen LogP contribution < -0.4 is 5.32 Å². The SMILES string of the molecule is O=C(O)CN1C(=O)NC(CCc2nc3ccccc3[nH]2)C1=O. The molecule has 3 N–H and O–H groups in total. The van der Waals surface area contributed by atoms with Crippen LogP contribution in [0.15, 0.2) is 24.3 Å². The van der Waals surface area contributed by atoms with Crippen LogP contribution in [0.1, 0.15) is 12.2 Å². The Morgan fingerprint density at radius 3 is 2.82 bits per heavy atom. The number of amides is 3. The second-order valence-corrected chi connectivity index (χ2v) is 5.06. The summed E-state index contributed by atoms with van der Waals surface area (Å²) in [6.07, 6.45) is 0.840. The zero-order chi connectivity index (χ0) is 15.7.